The summed E-state index contributed by atoms with van der Waals surface area (Å²) < 4.78 is 2.06. The van der Waals surface area contributed by atoms with Crippen molar-refractivity contribution in [3.63, 3.8) is 0 Å². The molecule has 0 fully saturated rings. The van der Waals surface area contributed by atoms with Crippen LogP contribution in [0.2, 0.25) is 5.02 Å². The van der Waals surface area contributed by atoms with Gasteiger partial charge in [0.15, 0.2) is 0 Å². The third-order valence-corrected chi connectivity index (χ3v) is 3.47. The number of nitrogens with zero attached hydrogens (tertiary/aromatic N) is 1. The van der Waals surface area contributed by atoms with E-state index in [-0.39, 0.29) is 6.61 Å². The Labute approximate surface area is 106 Å². The van der Waals surface area contributed by atoms with Crippen molar-refractivity contribution >= 4 is 22.5 Å². The van der Waals surface area contributed by atoms with Crippen molar-refractivity contribution in [2.24, 2.45) is 5.73 Å². The largest absolute Gasteiger partial charge is 0.395 e. The van der Waals surface area contributed by atoms with Gasteiger partial charge < -0.3 is 15.4 Å². The molecule has 2 aromatic rings. The third-order valence-electron chi connectivity index (χ3n) is 3.06. The zero-order chi connectivity index (χ0) is 12.4. The molecule has 0 amide bonds. The summed E-state index contributed by atoms with van der Waals surface area (Å²) in [5, 5.41) is 11.0. The van der Waals surface area contributed by atoms with Crippen LogP contribution in [-0.4, -0.2) is 22.8 Å². The Hall–Kier alpha value is -1.03. The van der Waals surface area contributed by atoms with Gasteiger partial charge in [0.25, 0.3) is 0 Å². The van der Waals surface area contributed by atoms with Crippen molar-refractivity contribution in [1.29, 1.82) is 0 Å². The maximum absolute atomic E-state index is 9.10. The molecular weight excluding hydrogens is 236 g/mol. The van der Waals surface area contributed by atoms with Gasteiger partial charge in [-0.05, 0) is 37.1 Å². The quantitative estimate of drug-likeness (QED) is 0.876. The Morgan fingerprint density at radius 2 is 2.18 bits per heavy atom. The first kappa shape index (κ1) is 12.4. The summed E-state index contributed by atoms with van der Waals surface area (Å²) in [5.74, 6) is 0. The predicted octanol–water partition coefficient (Wildman–Crippen LogP) is 2.10. The topological polar surface area (TPSA) is 51.2 Å². The molecule has 0 aliphatic rings. The van der Waals surface area contributed by atoms with Crippen LogP contribution in [0.3, 0.4) is 0 Å². The first-order valence-corrected chi connectivity index (χ1v) is 6.14. The first-order chi connectivity index (χ1) is 8.19. The number of aliphatic hydroxyl groups excluding tert-OH is 1. The van der Waals surface area contributed by atoms with Crippen LogP contribution < -0.4 is 5.73 Å². The fourth-order valence-corrected chi connectivity index (χ4v) is 2.42. The maximum atomic E-state index is 9.10. The fraction of sp³-hybridized carbons (Fsp3) is 0.385. The van der Waals surface area contributed by atoms with Crippen LogP contribution in [-0.2, 0) is 13.0 Å². The number of fused-ring (bicyclic) bond motifs is 1. The van der Waals surface area contributed by atoms with Crippen LogP contribution in [0.25, 0.3) is 10.9 Å². The SMILES string of the molecule is Cc1c(Cl)ccc2c(CCN)cn(CCO)c12. The second kappa shape index (κ2) is 5.08. The van der Waals surface area contributed by atoms with Gasteiger partial charge in [-0.2, -0.15) is 0 Å². The highest BCUT2D eigenvalue weighted by molar-refractivity contribution is 6.32. The first-order valence-electron chi connectivity index (χ1n) is 5.76. The van der Waals surface area contributed by atoms with Gasteiger partial charge in [0, 0.05) is 23.2 Å². The summed E-state index contributed by atoms with van der Waals surface area (Å²) in [6.45, 7) is 3.34. The summed E-state index contributed by atoms with van der Waals surface area (Å²) in [6, 6.07) is 3.95. The number of hydrogen-bond donors (Lipinski definition) is 2. The zero-order valence-corrected chi connectivity index (χ0v) is 10.7. The van der Waals surface area contributed by atoms with E-state index in [0.29, 0.717) is 13.1 Å². The number of aromatic nitrogens is 1. The minimum Gasteiger partial charge on any atom is -0.395 e. The van der Waals surface area contributed by atoms with Gasteiger partial charge in [-0.15, -0.1) is 0 Å². The lowest BCUT2D eigenvalue weighted by Crippen LogP contribution is -2.03. The minimum absolute atomic E-state index is 0.123. The highest BCUT2D eigenvalue weighted by atomic mass is 35.5. The van der Waals surface area contributed by atoms with E-state index in [1.807, 2.05) is 19.1 Å². The Morgan fingerprint density at radius 3 is 2.82 bits per heavy atom. The van der Waals surface area contributed by atoms with Crippen LogP contribution in [0.5, 0.6) is 0 Å². The van der Waals surface area contributed by atoms with E-state index >= 15 is 0 Å². The molecule has 0 spiro atoms. The van der Waals surface area contributed by atoms with Crippen molar-refractivity contribution in [2.75, 3.05) is 13.2 Å². The van der Waals surface area contributed by atoms with Gasteiger partial charge in [-0.3, -0.25) is 0 Å². The second-order valence-electron chi connectivity index (χ2n) is 4.18. The molecule has 0 unspecified atom stereocenters. The number of aliphatic hydroxyl groups is 1. The molecule has 0 saturated carbocycles. The predicted molar refractivity (Wildman–Crippen MR) is 71.5 cm³/mol. The number of rotatable bonds is 4. The normalized spacial score (nSPS) is 11.3. The van der Waals surface area contributed by atoms with Crippen molar-refractivity contribution in [2.45, 2.75) is 19.9 Å². The molecular formula is C13H17ClN2O. The van der Waals surface area contributed by atoms with E-state index in [0.717, 1.165) is 22.5 Å². The summed E-state index contributed by atoms with van der Waals surface area (Å²) in [4.78, 5) is 0. The third kappa shape index (κ3) is 2.18. The average molecular weight is 253 g/mol. The molecule has 0 saturated heterocycles. The van der Waals surface area contributed by atoms with Gasteiger partial charge in [-0.1, -0.05) is 17.7 Å². The number of hydrogen-bond acceptors (Lipinski definition) is 2. The molecule has 17 heavy (non-hydrogen) atoms. The maximum Gasteiger partial charge on any atom is 0.0610 e. The van der Waals surface area contributed by atoms with Gasteiger partial charge >= 0.3 is 0 Å². The van der Waals surface area contributed by atoms with Crippen molar-refractivity contribution in [3.05, 3.63) is 34.5 Å². The highest BCUT2D eigenvalue weighted by Gasteiger charge is 2.11. The molecule has 1 heterocycles. The minimum atomic E-state index is 0.123. The standard InChI is InChI=1S/C13H17ClN2O/c1-9-12(14)3-2-11-10(4-5-15)8-16(6-7-17)13(9)11/h2-3,8,17H,4-7,15H2,1H3. The Bertz CT molecular complexity index is 534. The Balaban J connectivity index is 2.67. The van der Waals surface area contributed by atoms with Crippen LogP contribution in [0, 0.1) is 6.92 Å². The van der Waals surface area contributed by atoms with Crippen LogP contribution >= 0.6 is 11.6 Å². The molecule has 0 aliphatic carbocycles. The van der Waals surface area contributed by atoms with E-state index in [1.165, 1.54) is 10.9 Å². The Kier molecular flexibility index (Phi) is 3.72. The van der Waals surface area contributed by atoms with Crippen molar-refractivity contribution < 1.29 is 5.11 Å². The van der Waals surface area contributed by atoms with Crippen LogP contribution in [0.4, 0.5) is 0 Å². The highest BCUT2D eigenvalue weighted by Crippen LogP contribution is 2.29. The molecule has 2 rings (SSSR count). The monoisotopic (exact) mass is 252 g/mol. The van der Waals surface area contributed by atoms with Gasteiger partial charge in [0.2, 0.25) is 0 Å². The Morgan fingerprint density at radius 1 is 1.41 bits per heavy atom. The fourth-order valence-electron chi connectivity index (χ4n) is 2.27. The number of aryl methyl sites for hydroxylation is 1. The summed E-state index contributed by atoms with van der Waals surface area (Å²) in [6.07, 6.45) is 2.91. The molecule has 0 aliphatic heterocycles. The number of halogens is 1. The molecule has 3 N–H and O–H groups in total. The molecule has 92 valence electrons. The molecule has 1 aromatic carbocycles. The summed E-state index contributed by atoms with van der Waals surface area (Å²) in [7, 11) is 0. The van der Waals surface area contributed by atoms with Gasteiger partial charge in [0.1, 0.15) is 0 Å². The van der Waals surface area contributed by atoms with E-state index in [4.69, 9.17) is 22.4 Å². The molecule has 0 radical (unpaired) electrons. The van der Waals surface area contributed by atoms with Crippen molar-refractivity contribution in [1.82, 2.24) is 4.57 Å². The number of benzene rings is 1. The van der Waals surface area contributed by atoms with E-state index in [9.17, 15) is 0 Å². The van der Waals surface area contributed by atoms with Crippen LogP contribution in [0.15, 0.2) is 18.3 Å². The van der Waals surface area contributed by atoms with E-state index < -0.39 is 0 Å². The molecule has 4 heteroatoms. The summed E-state index contributed by atoms with van der Waals surface area (Å²) in [5.41, 5.74) is 9.00. The zero-order valence-electron chi connectivity index (χ0n) is 9.91. The lowest BCUT2D eigenvalue weighted by Gasteiger charge is -2.06. The van der Waals surface area contributed by atoms with Crippen LogP contribution in [0.1, 0.15) is 11.1 Å². The lowest BCUT2D eigenvalue weighted by molar-refractivity contribution is 0.278. The lowest BCUT2D eigenvalue weighted by atomic mass is 10.1. The van der Waals surface area contributed by atoms with E-state index in [2.05, 4.69) is 10.8 Å². The van der Waals surface area contributed by atoms with Gasteiger partial charge in [-0.25, -0.2) is 0 Å². The molecule has 0 atom stereocenters. The average Bonchev–Trinajstić information content (AvgIpc) is 2.64. The molecule has 3 nitrogen and oxygen atoms in total. The van der Waals surface area contributed by atoms with Gasteiger partial charge in [0.05, 0.1) is 12.1 Å². The molecule has 1 aromatic heterocycles. The van der Waals surface area contributed by atoms with Crippen molar-refractivity contribution in [3.8, 4) is 0 Å². The smallest absolute Gasteiger partial charge is 0.0610 e. The molecule has 0 bridgehead atoms. The van der Waals surface area contributed by atoms with E-state index in [1.54, 1.807) is 0 Å². The number of nitrogens with two attached hydrogens (primary N) is 1. The second-order valence-corrected chi connectivity index (χ2v) is 4.59. The summed E-state index contributed by atoms with van der Waals surface area (Å²) >= 11 is 6.15.